The average molecular weight is 292 g/mol. The predicted octanol–water partition coefficient (Wildman–Crippen LogP) is 1.41. The molecular formula is C15H20N2O4. The number of carbonyl (C=O) groups excluding carboxylic acids is 1. The highest BCUT2D eigenvalue weighted by atomic mass is 16.5. The van der Waals surface area contributed by atoms with E-state index in [9.17, 15) is 9.59 Å². The number of nitrogens with one attached hydrogen (secondary N) is 2. The van der Waals surface area contributed by atoms with Crippen molar-refractivity contribution in [1.29, 1.82) is 0 Å². The largest absolute Gasteiger partial charge is 0.478 e. The molecular weight excluding hydrogens is 272 g/mol. The minimum Gasteiger partial charge on any atom is -0.478 e. The number of urea groups is 1. The molecule has 1 fully saturated rings. The first-order chi connectivity index (χ1) is 10.2. The number of aromatic carboxylic acids is 1. The van der Waals surface area contributed by atoms with Gasteiger partial charge in [-0.15, -0.1) is 0 Å². The van der Waals surface area contributed by atoms with Crippen LogP contribution in [0.2, 0.25) is 0 Å². The van der Waals surface area contributed by atoms with Gasteiger partial charge in [-0.3, -0.25) is 0 Å². The quantitative estimate of drug-likeness (QED) is 0.765. The molecule has 2 amide bonds. The first-order valence-electron chi connectivity index (χ1n) is 7.10. The molecule has 0 aromatic heterocycles. The van der Waals surface area contributed by atoms with E-state index in [1.165, 1.54) is 0 Å². The summed E-state index contributed by atoms with van der Waals surface area (Å²) in [5.41, 5.74) is 0.992. The van der Waals surface area contributed by atoms with Crippen molar-refractivity contribution in [3.8, 4) is 0 Å². The summed E-state index contributed by atoms with van der Waals surface area (Å²) < 4.78 is 5.29. The van der Waals surface area contributed by atoms with Gasteiger partial charge in [0.1, 0.15) is 0 Å². The van der Waals surface area contributed by atoms with Crippen molar-refractivity contribution < 1.29 is 19.4 Å². The Morgan fingerprint density at radius 2 is 2.14 bits per heavy atom. The van der Waals surface area contributed by atoms with E-state index in [0.29, 0.717) is 25.1 Å². The zero-order valence-corrected chi connectivity index (χ0v) is 11.8. The van der Waals surface area contributed by atoms with Crippen molar-refractivity contribution in [1.82, 2.24) is 10.6 Å². The second kappa shape index (κ2) is 7.64. The Labute approximate surface area is 123 Å². The standard InChI is InChI=1S/C15H20N2O4/c18-14(19)13-6-2-1-4-11(13)7-8-16-15(20)17-12-5-3-9-21-10-12/h1-2,4,6,12H,3,5,7-10H2,(H,18,19)(H2,16,17,20). The Bertz CT molecular complexity index is 498. The molecule has 0 radical (unpaired) electrons. The summed E-state index contributed by atoms with van der Waals surface area (Å²) >= 11 is 0. The second-order valence-corrected chi connectivity index (χ2v) is 5.03. The molecule has 1 aliphatic rings. The number of carboxylic acid groups (broad SMARTS) is 1. The fourth-order valence-corrected chi connectivity index (χ4v) is 2.35. The Morgan fingerprint density at radius 1 is 1.33 bits per heavy atom. The van der Waals surface area contributed by atoms with Crippen molar-refractivity contribution in [2.24, 2.45) is 0 Å². The van der Waals surface area contributed by atoms with Crippen LogP contribution in [0.4, 0.5) is 4.79 Å². The molecule has 1 aliphatic heterocycles. The minimum absolute atomic E-state index is 0.0602. The summed E-state index contributed by atoms with van der Waals surface area (Å²) in [6, 6.07) is 6.63. The van der Waals surface area contributed by atoms with E-state index in [-0.39, 0.29) is 17.6 Å². The Morgan fingerprint density at radius 3 is 2.86 bits per heavy atom. The monoisotopic (exact) mass is 292 g/mol. The first-order valence-corrected chi connectivity index (χ1v) is 7.10. The smallest absolute Gasteiger partial charge is 0.335 e. The third-order valence-electron chi connectivity index (χ3n) is 3.42. The van der Waals surface area contributed by atoms with Crippen LogP contribution in [0.1, 0.15) is 28.8 Å². The number of rotatable bonds is 5. The molecule has 0 spiro atoms. The third kappa shape index (κ3) is 4.75. The van der Waals surface area contributed by atoms with Crippen LogP contribution in [-0.2, 0) is 11.2 Å². The maximum absolute atomic E-state index is 11.7. The topological polar surface area (TPSA) is 87.7 Å². The maximum Gasteiger partial charge on any atom is 0.335 e. The van der Waals surface area contributed by atoms with E-state index in [1.807, 2.05) is 0 Å². The van der Waals surface area contributed by atoms with Crippen molar-refractivity contribution in [3.63, 3.8) is 0 Å². The summed E-state index contributed by atoms with van der Waals surface area (Å²) in [5, 5.41) is 14.7. The molecule has 2 rings (SSSR count). The first kappa shape index (κ1) is 15.3. The predicted molar refractivity (Wildman–Crippen MR) is 77.5 cm³/mol. The molecule has 0 saturated carbocycles. The summed E-state index contributed by atoms with van der Waals surface area (Å²) in [7, 11) is 0. The molecule has 0 aliphatic carbocycles. The van der Waals surface area contributed by atoms with Crippen molar-refractivity contribution in [2.75, 3.05) is 19.8 Å². The van der Waals surface area contributed by atoms with Crippen molar-refractivity contribution in [3.05, 3.63) is 35.4 Å². The molecule has 0 bridgehead atoms. The summed E-state index contributed by atoms with van der Waals surface area (Å²) in [5.74, 6) is -0.950. The molecule has 3 N–H and O–H groups in total. The Hall–Kier alpha value is -2.08. The minimum atomic E-state index is -0.950. The van der Waals surface area contributed by atoms with Gasteiger partial charge in [0.15, 0.2) is 0 Å². The third-order valence-corrected chi connectivity index (χ3v) is 3.42. The number of carbonyl (C=O) groups is 2. The van der Waals surface area contributed by atoms with Gasteiger partial charge in [-0.05, 0) is 30.9 Å². The fourth-order valence-electron chi connectivity index (χ4n) is 2.35. The van der Waals surface area contributed by atoms with Gasteiger partial charge in [0.05, 0.1) is 18.2 Å². The Balaban J connectivity index is 1.76. The summed E-state index contributed by atoms with van der Waals surface area (Å²) in [6.07, 6.45) is 2.36. The zero-order chi connectivity index (χ0) is 15.1. The number of carboxylic acids is 1. The van der Waals surface area contributed by atoms with Gasteiger partial charge in [-0.1, -0.05) is 18.2 Å². The van der Waals surface area contributed by atoms with Gasteiger partial charge >= 0.3 is 12.0 Å². The molecule has 6 nitrogen and oxygen atoms in total. The lowest BCUT2D eigenvalue weighted by Crippen LogP contribution is -2.46. The van der Waals surface area contributed by atoms with Gasteiger partial charge in [0.25, 0.3) is 0 Å². The second-order valence-electron chi connectivity index (χ2n) is 5.03. The number of hydrogen-bond acceptors (Lipinski definition) is 3. The summed E-state index contributed by atoms with van der Waals surface area (Å²) in [6.45, 7) is 1.70. The molecule has 1 saturated heterocycles. The average Bonchev–Trinajstić information content (AvgIpc) is 2.48. The normalized spacial score (nSPS) is 18.0. The highest BCUT2D eigenvalue weighted by Gasteiger charge is 2.16. The zero-order valence-electron chi connectivity index (χ0n) is 11.8. The molecule has 1 atom stereocenters. The Kier molecular flexibility index (Phi) is 5.57. The van der Waals surface area contributed by atoms with E-state index in [2.05, 4.69) is 10.6 Å². The number of benzene rings is 1. The molecule has 1 heterocycles. The van der Waals surface area contributed by atoms with Crippen LogP contribution in [0.3, 0.4) is 0 Å². The molecule has 1 aromatic carbocycles. The van der Waals surface area contributed by atoms with Gasteiger partial charge in [0, 0.05) is 13.2 Å². The fraction of sp³-hybridized carbons (Fsp3) is 0.467. The van der Waals surface area contributed by atoms with Crippen LogP contribution in [0, 0.1) is 0 Å². The van der Waals surface area contributed by atoms with E-state index >= 15 is 0 Å². The van der Waals surface area contributed by atoms with Crippen molar-refractivity contribution in [2.45, 2.75) is 25.3 Å². The molecule has 21 heavy (non-hydrogen) atoms. The van der Waals surface area contributed by atoms with E-state index in [4.69, 9.17) is 9.84 Å². The highest BCUT2D eigenvalue weighted by molar-refractivity contribution is 5.89. The molecule has 6 heteroatoms. The van der Waals surface area contributed by atoms with Crippen molar-refractivity contribution >= 4 is 12.0 Å². The molecule has 1 unspecified atom stereocenters. The summed E-state index contributed by atoms with van der Waals surface area (Å²) in [4.78, 5) is 22.8. The van der Waals surface area contributed by atoms with Crippen LogP contribution in [-0.4, -0.2) is 42.9 Å². The van der Waals surface area contributed by atoms with Crippen LogP contribution >= 0.6 is 0 Å². The van der Waals surface area contributed by atoms with Crippen LogP contribution in [0.15, 0.2) is 24.3 Å². The molecule has 1 aromatic rings. The number of amides is 2. The lowest BCUT2D eigenvalue weighted by molar-refractivity contribution is 0.0695. The number of hydrogen-bond donors (Lipinski definition) is 3. The maximum atomic E-state index is 11.7. The van der Waals surface area contributed by atoms with E-state index in [1.54, 1.807) is 24.3 Å². The van der Waals surface area contributed by atoms with Crippen LogP contribution in [0.25, 0.3) is 0 Å². The van der Waals surface area contributed by atoms with E-state index < -0.39 is 5.97 Å². The molecule has 114 valence electrons. The van der Waals surface area contributed by atoms with Crippen LogP contribution in [0.5, 0.6) is 0 Å². The van der Waals surface area contributed by atoms with Crippen LogP contribution < -0.4 is 10.6 Å². The van der Waals surface area contributed by atoms with Gasteiger partial charge in [-0.2, -0.15) is 0 Å². The van der Waals surface area contributed by atoms with E-state index in [0.717, 1.165) is 19.4 Å². The van der Waals surface area contributed by atoms with Gasteiger partial charge in [0.2, 0.25) is 0 Å². The highest BCUT2D eigenvalue weighted by Crippen LogP contribution is 2.09. The van der Waals surface area contributed by atoms with Gasteiger partial charge < -0.3 is 20.5 Å². The lowest BCUT2D eigenvalue weighted by Gasteiger charge is -2.23. The SMILES string of the molecule is O=C(NCCc1ccccc1C(=O)O)NC1CCCOC1. The number of ether oxygens (including phenoxy) is 1. The lowest BCUT2D eigenvalue weighted by atomic mass is 10.0. The van der Waals surface area contributed by atoms with Gasteiger partial charge in [-0.25, -0.2) is 9.59 Å².